The molecule has 0 amide bonds. The molecule has 0 aliphatic heterocycles. The third kappa shape index (κ3) is 4.73. The maximum absolute atomic E-state index is 12.4. The number of hydrogen-bond donors (Lipinski definition) is 1. The first-order valence-electron chi connectivity index (χ1n) is 8.27. The summed E-state index contributed by atoms with van der Waals surface area (Å²) in [6.45, 7) is 0. The Kier molecular flexibility index (Phi) is 5.76. The average Bonchev–Trinajstić information content (AvgIpc) is 2.67. The molecule has 2 aromatic carbocycles. The van der Waals surface area contributed by atoms with Crippen molar-refractivity contribution in [1.82, 2.24) is 9.97 Å². The molecule has 0 bridgehead atoms. The molecule has 0 atom stereocenters. The number of rotatable bonds is 0. The van der Waals surface area contributed by atoms with E-state index in [9.17, 15) is 31.1 Å². The quantitative estimate of drug-likeness (QED) is 0.317. The van der Waals surface area contributed by atoms with Crippen LogP contribution in [0, 0.1) is 0 Å². The lowest BCUT2D eigenvalue weighted by atomic mass is 10.1. The monoisotopic (exact) mass is 444 g/mol. The summed E-state index contributed by atoms with van der Waals surface area (Å²) < 4.78 is 74.2. The number of nitrogens with zero attached hydrogens (tertiary/aromatic N) is 1. The van der Waals surface area contributed by atoms with Gasteiger partial charge in [-0.2, -0.15) is 26.3 Å². The first-order valence-corrected chi connectivity index (χ1v) is 8.65. The first-order chi connectivity index (χ1) is 14.0. The number of alkyl halides is 6. The van der Waals surface area contributed by atoms with Crippen LogP contribution in [0.5, 0.6) is 0 Å². The number of aromatic amines is 1. The molecule has 10 heteroatoms. The highest BCUT2D eigenvalue weighted by atomic mass is 35.5. The Morgan fingerprint density at radius 2 is 1.40 bits per heavy atom. The van der Waals surface area contributed by atoms with Gasteiger partial charge < -0.3 is 4.98 Å². The van der Waals surface area contributed by atoms with Crippen LogP contribution in [-0.2, 0) is 12.4 Å². The minimum absolute atomic E-state index is 0.0484. The molecular weight excluding hydrogens is 434 g/mol. The largest absolute Gasteiger partial charge is 0.416 e. The molecule has 3 nitrogen and oxygen atoms in total. The summed E-state index contributed by atoms with van der Waals surface area (Å²) >= 11 is 5.77. The lowest BCUT2D eigenvalue weighted by molar-refractivity contribution is -0.138. The van der Waals surface area contributed by atoms with E-state index in [1.54, 1.807) is 0 Å². The molecule has 0 radical (unpaired) electrons. The SMILES string of the molecule is FC(F)(F)c1ccc2nccc(Cl)c2c1.O=c1cc[nH]c2ccc(C(F)(F)F)cc12. The highest BCUT2D eigenvalue weighted by Crippen LogP contribution is 2.33. The van der Waals surface area contributed by atoms with Crippen molar-refractivity contribution < 1.29 is 26.3 Å². The molecule has 0 unspecified atom stereocenters. The number of pyridine rings is 2. The molecule has 0 aliphatic carbocycles. The third-order valence-electron chi connectivity index (χ3n) is 4.10. The topological polar surface area (TPSA) is 45.8 Å². The molecule has 156 valence electrons. The predicted octanol–water partition coefficient (Wildman–Crippen LogP) is 6.45. The summed E-state index contributed by atoms with van der Waals surface area (Å²) in [4.78, 5) is 17.9. The van der Waals surface area contributed by atoms with Gasteiger partial charge in [-0.05, 0) is 42.5 Å². The van der Waals surface area contributed by atoms with Crippen molar-refractivity contribution in [1.29, 1.82) is 0 Å². The van der Waals surface area contributed by atoms with Gasteiger partial charge >= 0.3 is 12.4 Å². The lowest BCUT2D eigenvalue weighted by Gasteiger charge is -2.07. The predicted molar refractivity (Wildman–Crippen MR) is 101 cm³/mol. The number of benzene rings is 2. The molecule has 30 heavy (non-hydrogen) atoms. The maximum atomic E-state index is 12.4. The van der Waals surface area contributed by atoms with Crippen LogP contribution in [0.4, 0.5) is 26.3 Å². The normalized spacial score (nSPS) is 12.0. The number of halogens is 7. The van der Waals surface area contributed by atoms with Crippen LogP contribution in [0.25, 0.3) is 21.8 Å². The molecule has 0 fully saturated rings. The van der Waals surface area contributed by atoms with Gasteiger partial charge in [-0.1, -0.05) is 11.6 Å². The number of fused-ring (bicyclic) bond motifs is 2. The number of aromatic nitrogens is 2. The Morgan fingerprint density at radius 1 is 0.800 bits per heavy atom. The fourth-order valence-electron chi connectivity index (χ4n) is 2.64. The molecule has 0 aliphatic rings. The van der Waals surface area contributed by atoms with E-state index in [1.807, 2.05) is 0 Å². The fourth-order valence-corrected chi connectivity index (χ4v) is 2.84. The van der Waals surface area contributed by atoms with Crippen molar-refractivity contribution in [3.05, 3.63) is 87.3 Å². The summed E-state index contributed by atoms with van der Waals surface area (Å²) in [5.41, 5.74) is -1.10. The minimum Gasteiger partial charge on any atom is -0.361 e. The van der Waals surface area contributed by atoms with Crippen molar-refractivity contribution >= 4 is 33.4 Å². The van der Waals surface area contributed by atoms with Gasteiger partial charge in [-0.15, -0.1) is 0 Å². The van der Waals surface area contributed by atoms with E-state index < -0.39 is 28.9 Å². The summed E-state index contributed by atoms with van der Waals surface area (Å²) in [7, 11) is 0. The van der Waals surface area contributed by atoms with Crippen LogP contribution >= 0.6 is 11.6 Å². The highest BCUT2D eigenvalue weighted by Gasteiger charge is 2.31. The summed E-state index contributed by atoms with van der Waals surface area (Å²) in [6, 6.07) is 9.01. The van der Waals surface area contributed by atoms with Crippen LogP contribution in [0.15, 0.2) is 65.7 Å². The summed E-state index contributed by atoms with van der Waals surface area (Å²) in [6.07, 6.45) is -5.92. The van der Waals surface area contributed by atoms with Crippen LogP contribution < -0.4 is 5.43 Å². The second kappa shape index (κ2) is 7.98. The average molecular weight is 445 g/mol. The van der Waals surface area contributed by atoms with E-state index in [4.69, 9.17) is 11.6 Å². The number of nitrogens with one attached hydrogen (secondary N) is 1. The van der Waals surface area contributed by atoms with E-state index in [2.05, 4.69) is 9.97 Å². The maximum Gasteiger partial charge on any atom is 0.416 e. The van der Waals surface area contributed by atoms with Crippen LogP contribution in [0.2, 0.25) is 5.02 Å². The zero-order valence-corrected chi connectivity index (χ0v) is 15.5. The van der Waals surface area contributed by atoms with E-state index >= 15 is 0 Å². The second-order valence-electron chi connectivity index (χ2n) is 6.12. The van der Waals surface area contributed by atoms with E-state index in [1.165, 1.54) is 36.7 Å². The molecule has 0 saturated carbocycles. The zero-order chi connectivity index (χ0) is 22.1. The van der Waals surface area contributed by atoms with Crippen LogP contribution in [0.3, 0.4) is 0 Å². The highest BCUT2D eigenvalue weighted by molar-refractivity contribution is 6.35. The molecule has 4 aromatic rings. The Bertz CT molecular complexity index is 1260. The van der Waals surface area contributed by atoms with Crippen molar-refractivity contribution in [2.75, 3.05) is 0 Å². The molecular formula is C20H11ClF6N2O. The molecule has 1 N–H and O–H groups in total. The Morgan fingerprint density at radius 3 is 2.03 bits per heavy atom. The van der Waals surface area contributed by atoms with Crippen LogP contribution in [0.1, 0.15) is 11.1 Å². The van der Waals surface area contributed by atoms with Gasteiger partial charge in [0.1, 0.15) is 0 Å². The number of hydrogen-bond acceptors (Lipinski definition) is 2. The van der Waals surface area contributed by atoms with Gasteiger partial charge in [-0.3, -0.25) is 9.78 Å². The van der Waals surface area contributed by atoms with Gasteiger partial charge in [-0.25, -0.2) is 0 Å². The van der Waals surface area contributed by atoms with Crippen molar-refractivity contribution in [2.24, 2.45) is 0 Å². The van der Waals surface area contributed by atoms with Crippen molar-refractivity contribution in [2.45, 2.75) is 12.4 Å². The molecule has 4 rings (SSSR count). The van der Waals surface area contributed by atoms with Crippen molar-refractivity contribution in [3.63, 3.8) is 0 Å². The number of H-pyrrole nitrogens is 1. The van der Waals surface area contributed by atoms with Gasteiger partial charge in [0.2, 0.25) is 0 Å². The summed E-state index contributed by atoms with van der Waals surface area (Å²) in [5, 5.41) is 0.632. The second-order valence-corrected chi connectivity index (χ2v) is 6.53. The van der Waals surface area contributed by atoms with Gasteiger partial charge in [0.05, 0.1) is 21.7 Å². The minimum atomic E-state index is -4.42. The molecule has 0 spiro atoms. The smallest absolute Gasteiger partial charge is 0.361 e. The Labute approximate surface area is 169 Å². The molecule has 2 aromatic heterocycles. The summed E-state index contributed by atoms with van der Waals surface area (Å²) in [5.74, 6) is 0. The Hall–Kier alpha value is -3.07. The third-order valence-corrected chi connectivity index (χ3v) is 4.43. The first kappa shape index (κ1) is 21.6. The van der Waals surface area contributed by atoms with E-state index in [0.29, 0.717) is 16.4 Å². The standard InChI is InChI=1S/C10H5ClF3N.C10H6F3NO/c11-8-3-4-15-9-2-1-6(5-7(8)9)10(12,13)14;11-10(12,13)6-1-2-8-7(5-6)9(15)3-4-14-8/h1-5H;1-5H,(H,14,15). The Balaban J connectivity index is 0.000000171. The van der Waals surface area contributed by atoms with Gasteiger partial charge in [0.15, 0.2) is 5.43 Å². The lowest BCUT2D eigenvalue weighted by Crippen LogP contribution is -2.07. The fraction of sp³-hybridized carbons (Fsp3) is 0.100. The van der Waals surface area contributed by atoms with Gasteiger partial charge in [0, 0.05) is 34.7 Å². The molecule has 0 saturated heterocycles. The zero-order valence-electron chi connectivity index (χ0n) is 14.8. The molecule has 2 heterocycles. The van der Waals surface area contributed by atoms with Crippen molar-refractivity contribution in [3.8, 4) is 0 Å². The van der Waals surface area contributed by atoms with E-state index in [0.717, 1.165) is 24.3 Å². The van der Waals surface area contributed by atoms with Gasteiger partial charge in [0.25, 0.3) is 0 Å². The van der Waals surface area contributed by atoms with Crippen LogP contribution in [-0.4, -0.2) is 9.97 Å². The van der Waals surface area contributed by atoms with E-state index in [-0.39, 0.29) is 10.4 Å².